The van der Waals surface area contributed by atoms with Crippen LogP contribution in [0.2, 0.25) is 0 Å². The quantitative estimate of drug-likeness (QED) is 0.448. The van der Waals surface area contributed by atoms with Crippen molar-refractivity contribution < 1.29 is 18.7 Å². The molecule has 1 saturated heterocycles. The zero-order valence-electron chi connectivity index (χ0n) is 15.1. The first-order valence-corrected chi connectivity index (χ1v) is 10.3. The van der Waals surface area contributed by atoms with Crippen LogP contribution in [-0.2, 0) is 9.53 Å². The summed E-state index contributed by atoms with van der Waals surface area (Å²) in [5, 5.41) is 3.97. The van der Waals surface area contributed by atoms with Crippen LogP contribution in [-0.4, -0.2) is 40.8 Å². The van der Waals surface area contributed by atoms with Crippen molar-refractivity contribution in [3.05, 3.63) is 47.7 Å². The number of furan rings is 1. The van der Waals surface area contributed by atoms with E-state index in [0.717, 1.165) is 17.1 Å². The highest BCUT2D eigenvalue weighted by Crippen LogP contribution is 2.45. The van der Waals surface area contributed by atoms with Crippen LogP contribution in [0.5, 0.6) is 0 Å². The number of thioether (sulfide) groups is 2. The van der Waals surface area contributed by atoms with Gasteiger partial charge in [-0.2, -0.15) is 5.10 Å². The molecule has 0 aliphatic carbocycles. The molecule has 2 aromatic rings. The van der Waals surface area contributed by atoms with Crippen LogP contribution in [0, 0.1) is 0 Å². The fourth-order valence-electron chi connectivity index (χ4n) is 2.62. The third-order valence-electron chi connectivity index (χ3n) is 3.98. The van der Waals surface area contributed by atoms with Gasteiger partial charge < -0.3 is 9.15 Å². The molecule has 27 heavy (non-hydrogen) atoms. The molecule has 6 nitrogen and oxygen atoms in total. The van der Waals surface area contributed by atoms with E-state index in [0.29, 0.717) is 23.5 Å². The first-order chi connectivity index (χ1) is 13.0. The number of carbonyl (C=O) groups excluding carboxylic acids is 2. The van der Waals surface area contributed by atoms with Gasteiger partial charge in [-0.15, -0.1) is 23.5 Å². The average Bonchev–Trinajstić information content (AvgIpc) is 3.30. The zero-order valence-corrected chi connectivity index (χ0v) is 16.7. The van der Waals surface area contributed by atoms with Crippen LogP contribution in [0.15, 0.2) is 45.9 Å². The second-order valence-electron chi connectivity index (χ2n) is 6.07. The number of hydrogen-bond donors (Lipinski definition) is 1. The molecule has 142 valence electrons. The zero-order chi connectivity index (χ0) is 19.3. The van der Waals surface area contributed by atoms with Crippen LogP contribution >= 0.6 is 23.5 Å². The molecule has 1 amide bonds. The lowest BCUT2D eigenvalue weighted by atomic mass is 10.1. The molecule has 3 rings (SSSR count). The van der Waals surface area contributed by atoms with Crippen molar-refractivity contribution in [3.8, 4) is 11.3 Å². The molecular formula is C19H20N2O4S2. The van der Waals surface area contributed by atoms with Gasteiger partial charge in [-0.05, 0) is 31.2 Å². The van der Waals surface area contributed by atoms with E-state index < -0.39 is 0 Å². The van der Waals surface area contributed by atoms with Crippen molar-refractivity contribution in [2.45, 2.75) is 17.4 Å². The molecule has 1 aliphatic rings. The summed E-state index contributed by atoms with van der Waals surface area (Å²) < 4.78 is 10.3. The third-order valence-corrected chi connectivity index (χ3v) is 7.27. The number of hydrazone groups is 1. The van der Waals surface area contributed by atoms with Gasteiger partial charge in [0.25, 0.3) is 0 Å². The smallest absolute Gasteiger partial charge is 0.337 e. The third kappa shape index (κ3) is 5.17. The molecule has 1 aliphatic heterocycles. The molecule has 8 heteroatoms. The Morgan fingerprint density at radius 1 is 1.22 bits per heavy atom. The number of methoxy groups -OCH3 is 1. The van der Waals surface area contributed by atoms with E-state index in [1.54, 1.807) is 30.3 Å². The minimum atomic E-state index is -0.382. The summed E-state index contributed by atoms with van der Waals surface area (Å²) in [7, 11) is 1.35. The lowest BCUT2D eigenvalue weighted by molar-refractivity contribution is -0.121. The summed E-state index contributed by atoms with van der Waals surface area (Å²) in [6.45, 7) is 2.09. The van der Waals surface area contributed by atoms with Gasteiger partial charge in [-0.3, -0.25) is 4.79 Å². The van der Waals surface area contributed by atoms with E-state index in [2.05, 4.69) is 22.2 Å². The van der Waals surface area contributed by atoms with Gasteiger partial charge in [-0.1, -0.05) is 12.1 Å². The minimum absolute atomic E-state index is 0.0617. The Kier molecular flexibility index (Phi) is 6.28. The first kappa shape index (κ1) is 19.6. The molecule has 0 atom stereocenters. The van der Waals surface area contributed by atoms with E-state index in [1.807, 2.05) is 29.6 Å². The summed E-state index contributed by atoms with van der Waals surface area (Å²) in [5.74, 6) is 2.83. The monoisotopic (exact) mass is 404 g/mol. The number of benzene rings is 1. The molecule has 0 spiro atoms. The molecule has 0 bridgehead atoms. The number of ether oxygens (including phenoxy) is 1. The lowest BCUT2D eigenvalue weighted by Crippen LogP contribution is -2.26. The second-order valence-corrected chi connectivity index (χ2v) is 9.53. The number of nitrogens with one attached hydrogen (secondary N) is 1. The highest BCUT2D eigenvalue weighted by Gasteiger charge is 2.32. The van der Waals surface area contributed by atoms with Crippen molar-refractivity contribution in [1.29, 1.82) is 0 Å². The number of amides is 1. The standard InChI is InChI=1S/C19H20N2O4S2/c1-19(26-9-10-27-19)11-17(22)21-20-12-15-7-8-16(25-15)13-3-5-14(6-4-13)18(23)24-2/h3-8,12H,9-11H2,1-2H3,(H,21,22)/b20-12-. The van der Waals surface area contributed by atoms with Gasteiger partial charge in [-0.25, -0.2) is 10.2 Å². The number of hydrogen-bond acceptors (Lipinski definition) is 7. The van der Waals surface area contributed by atoms with Crippen LogP contribution in [0.4, 0.5) is 0 Å². The fourth-order valence-corrected chi connectivity index (χ4v) is 5.45. The predicted molar refractivity (Wildman–Crippen MR) is 109 cm³/mol. The van der Waals surface area contributed by atoms with E-state index in [9.17, 15) is 9.59 Å². The normalized spacial score (nSPS) is 15.8. The molecule has 1 N–H and O–H groups in total. The van der Waals surface area contributed by atoms with Crippen LogP contribution < -0.4 is 5.43 Å². The number of carbonyl (C=O) groups is 2. The van der Waals surface area contributed by atoms with E-state index >= 15 is 0 Å². The summed E-state index contributed by atoms with van der Waals surface area (Å²) in [6.07, 6.45) is 1.90. The second kappa shape index (κ2) is 8.67. The molecule has 2 heterocycles. The van der Waals surface area contributed by atoms with Gasteiger partial charge in [0.1, 0.15) is 11.5 Å². The topological polar surface area (TPSA) is 80.9 Å². The molecule has 1 fully saturated rings. The van der Waals surface area contributed by atoms with Crippen LogP contribution in [0.1, 0.15) is 29.5 Å². The Hall–Kier alpha value is -2.19. The summed E-state index contributed by atoms with van der Waals surface area (Å²) >= 11 is 3.62. The molecule has 0 radical (unpaired) electrons. The predicted octanol–water partition coefficient (Wildman–Crippen LogP) is 3.77. The maximum Gasteiger partial charge on any atom is 0.337 e. The molecule has 0 saturated carbocycles. The van der Waals surface area contributed by atoms with Crippen molar-refractivity contribution in [3.63, 3.8) is 0 Å². The van der Waals surface area contributed by atoms with Crippen LogP contribution in [0.25, 0.3) is 11.3 Å². The van der Waals surface area contributed by atoms with Crippen molar-refractivity contribution >= 4 is 41.6 Å². The maximum atomic E-state index is 12.0. The molecule has 0 unspecified atom stereocenters. The average molecular weight is 405 g/mol. The SMILES string of the molecule is COC(=O)c1ccc(-c2ccc(/C=N\NC(=O)CC3(C)SCCS3)o2)cc1. The van der Waals surface area contributed by atoms with Gasteiger partial charge >= 0.3 is 5.97 Å². The van der Waals surface area contributed by atoms with Gasteiger partial charge in [0, 0.05) is 17.1 Å². The Morgan fingerprint density at radius 3 is 2.59 bits per heavy atom. The molecular weight excluding hydrogens is 384 g/mol. The Bertz CT molecular complexity index is 840. The molecule has 1 aromatic carbocycles. The van der Waals surface area contributed by atoms with Crippen molar-refractivity contribution in [1.82, 2.24) is 5.43 Å². The first-order valence-electron chi connectivity index (χ1n) is 8.37. The van der Waals surface area contributed by atoms with Crippen molar-refractivity contribution in [2.75, 3.05) is 18.6 Å². The highest BCUT2D eigenvalue weighted by atomic mass is 32.2. The number of esters is 1. The van der Waals surface area contributed by atoms with Crippen LogP contribution in [0.3, 0.4) is 0 Å². The largest absolute Gasteiger partial charge is 0.465 e. The van der Waals surface area contributed by atoms with Crippen molar-refractivity contribution in [2.24, 2.45) is 5.10 Å². The Labute approximate surface area is 166 Å². The Balaban J connectivity index is 1.56. The highest BCUT2D eigenvalue weighted by molar-refractivity contribution is 8.21. The van der Waals surface area contributed by atoms with E-state index in [-0.39, 0.29) is 16.0 Å². The fraction of sp³-hybridized carbons (Fsp3) is 0.316. The summed E-state index contributed by atoms with van der Waals surface area (Å²) in [5.41, 5.74) is 3.86. The lowest BCUT2D eigenvalue weighted by Gasteiger charge is -2.19. The number of nitrogens with zero attached hydrogens (tertiary/aromatic N) is 1. The van der Waals surface area contributed by atoms with Gasteiger partial charge in [0.05, 0.1) is 29.4 Å². The summed E-state index contributed by atoms with van der Waals surface area (Å²) in [6, 6.07) is 10.5. The van der Waals surface area contributed by atoms with E-state index in [4.69, 9.17) is 4.42 Å². The summed E-state index contributed by atoms with van der Waals surface area (Å²) in [4.78, 5) is 23.5. The van der Waals surface area contributed by atoms with Gasteiger partial charge in [0.2, 0.25) is 5.91 Å². The minimum Gasteiger partial charge on any atom is -0.465 e. The van der Waals surface area contributed by atoms with E-state index in [1.165, 1.54) is 13.3 Å². The molecule has 1 aromatic heterocycles. The maximum absolute atomic E-state index is 12.0. The number of rotatable bonds is 6. The Morgan fingerprint density at radius 2 is 1.93 bits per heavy atom. The van der Waals surface area contributed by atoms with Gasteiger partial charge in [0.15, 0.2) is 0 Å².